The summed E-state index contributed by atoms with van der Waals surface area (Å²) in [6.45, 7) is 4.34. The number of rotatable bonds is 6. The van der Waals surface area contributed by atoms with Gasteiger partial charge in [-0.05, 0) is 44.1 Å². The molecular formula is C14H24O. The van der Waals surface area contributed by atoms with Crippen molar-refractivity contribution in [1.29, 1.82) is 0 Å². The summed E-state index contributed by atoms with van der Waals surface area (Å²) in [4.78, 5) is 12.2. The second-order valence-corrected chi connectivity index (χ2v) is 4.61. The van der Waals surface area contributed by atoms with E-state index in [-0.39, 0.29) is 0 Å². The Morgan fingerprint density at radius 2 is 1.93 bits per heavy atom. The van der Waals surface area contributed by atoms with Gasteiger partial charge in [0.15, 0.2) is 5.78 Å². The van der Waals surface area contributed by atoms with Gasteiger partial charge in [-0.25, -0.2) is 0 Å². The molecule has 0 spiro atoms. The van der Waals surface area contributed by atoms with Gasteiger partial charge in [-0.3, -0.25) is 4.79 Å². The van der Waals surface area contributed by atoms with Crippen LogP contribution in [0.3, 0.4) is 0 Å². The number of carbonyl (C=O) groups is 1. The first-order chi connectivity index (χ1) is 7.29. The first-order valence-electron chi connectivity index (χ1n) is 6.52. The molecule has 1 aliphatic carbocycles. The van der Waals surface area contributed by atoms with Crippen molar-refractivity contribution >= 4 is 5.78 Å². The first kappa shape index (κ1) is 12.5. The van der Waals surface area contributed by atoms with Crippen LogP contribution >= 0.6 is 0 Å². The molecule has 1 rings (SSSR count). The van der Waals surface area contributed by atoms with Gasteiger partial charge in [-0.2, -0.15) is 0 Å². The van der Waals surface area contributed by atoms with E-state index < -0.39 is 0 Å². The molecule has 0 aromatic carbocycles. The standard InChI is InChI=1S/C14H24O/c1-3-8-12(9-4-2)14(15)13-10-6-5-7-11-13/h10,12H,3-9,11H2,1-2H3. The van der Waals surface area contributed by atoms with Crippen molar-refractivity contribution in [3.8, 4) is 0 Å². The van der Waals surface area contributed by atoms with Crippen molar-refractivity contribution in [2.24, 2.45) is 5.92 Å². The summed E-state index contributed by atoms with van der Waals surface area (Å²) >= 11 is 0. The monoisotopic (exact) mass is 208 g/mol. The van der Waals surface area contributed by atoms with E-state index in [1.165, 1.54) is 12.8 Å². The molecule has 86 valence electrons. The molecule has 0 aromatic rings. The van der Waals surface area contributed by atoms with Crippen LogP contribution in [0.25, 0.3) is 0 Å². The zero-order chi connectivity index (χ0) is 11.1. The molecule has 0 radical (unpaired) electrons. The fraction of sp³-hybridized carbons (Fsp3) is 0.786. The van der Waals surface area contributed by atoms with E-state index in [9.17, 15) is 4.79 Å². The van der Waals surface area contributed by atoms with Crippen LogP contribution in [0.1, 0.15) is 65.2 Å². The Bertz CT molecular complexity index is 221. The Labute approximate surface area is 93.9 Å². The summed E-state index contributed by atoms with van der Waals surface area (Å²) in [5.74, 6) is 0.766. The number of carbonyl (C=O) groups excluding carboxylic acids is 1. The molecule has 15 heavy (non-hydrogen) atoms. The summed E-state index contributed by atoms with van der Waals surface area (Å²) in [6, 6.07) is 0. The van der Waals surface area contributed by atoms with Gasteiger partial charge in [0.05, 0.1) is 0 Å². The van der Waals surface area contributed by atoms with Gasteiger partial charge in [0.25, 0.3) is 0 Å². The van der Waals surface area contributed by atoms with E-state index in [1.54, 1.807) is 0 Å². The van der Waals surface area contributed by atoms with Crippen molar-refractivity contribution in [3.63, 3.8) is 0 Å². The third-order valence-corrected chi connectivity index (χ3v) is 3.25. The van der Waals surface area contributed by atoms with Crippen LogP contribution in [-0.4, -0.2) is 5.78 Å². The average Bonchev–Trinajstić information content (AvgIpc) is 2.29. The normalized spacial score (nSPS) is 16.6. The van der Waals surface area contributed by atoms with Crippen LogP contribution in [0, 0.1) is 5.92 Å². The highest BCUT2D eigenvalue weighted by Gasteiger charge is 2.21. The van der Waals surface area contributed by atoms with Crippen molar-refractivity contribution in [2.45, 2.75) is 65.2 Å². The molecule has 0 N–H and O–H groups in total. The summed E-state index contributed by atoms with van der Waals surface area (Å²) in [6.07, 6.45) is 11.2. The quantitative estimate of drug-likeness (QED) is 0.637. The maximum Gasteiger partial charge on any atom is 0.161 e. The third-order valence-electron chi connectivity index (χ3n) is 3.25. The molecule has 0 heterocycles. The SMILES string of the molecule is CCCC(CCC)C(=O)C1=CCCCC1. The Morgan fingerprint density at radius 3 is 2.40 bits per heavy atom. The highest BCUT2D eigenvalue weighted by Crippen LogP contribution is 2.25. The van der Waals surface area contributed by atoms with Gasteiger partial charge < -0.3 is 0 Å². The molecule has 0 saturated carbocycles. The number of hydrogen-bond acceptors (Lipinski definition) is 1. The Morgan fingerprint density at radius 1 is 1.27 bits per heavy atom. The van der Waals surface area contributed by atoms with Gasteiger partial charge in [0, 0.05) is 5.92 Å². The predicted octanol–water partition coefficient (Wildman–Crippen LogP) is 4.27. The van der Waals surface area contributed by atoms with Crippen LogP contribution in [0.2, 0.25) is 0 Å². The zero-order valence-corrected chi connectivity index (χ0v) is 10.2. The molecule has 0 atom stereocenters. The minimum Gasteiger partial charge on any atom is -0.294 e. The number of Topliss-reactive ketones (excluding diaryl/α,β-unsaturated/α-hetero) is 1. The minimum atomic E-state index is 0.310. The third kappa shape index (κ3) is 3.81. The largest absolute Gasteiger partial charge is 0.294 e. The fourth-order valence-corrected chi connectivity index (χ4v) is 2.43. The molecule has 0 saturated heterocycles. The molecule has 1 aliphatic rings. The van der Waals surface area contributed by atoms with Gasteiger partial charge in [0.2, 0.25) is 0 Å². The molecule has 0 aliphatic heterocycles. The first-order valence-corrected chi connectivity index (χ1v) is 6.52. The highest BCUT2D eigenvalue weighted by molar-refractivity contribution is 5.97. The maximum absolute atomic E-state index is 12.2. The number of hydrogen-bond donors (Lipinski definition) is 0. The Hall–Kier alpha value is -0.590. The smallest absolute Gasteiger partial charge is 0.161 e. The van der Waals surface area contributed by atoms with Crippen LogP contribution in [0.15, 0.2) is 11.6 Å². The molecular weight excluding hydrogens is 184 g/mol. The lowest BCUT2D eigenvalue weighted by molar-refractivity contribution is -0.119. The topological polar surface area (TPSA) is 17.1 Å². The number of allylic oxidation sites excluding steroid dienone is 2. The van der Waals surface area contributed by atoms with Crippen LogP contribution in [0.5, 0.6) is 0 Å². The Balaban J connectivity index is 2.57. The lowest BCUT2D eigenvalue weighted by Crippen LogP contribution is -2.17. The molecule has 0 aromatic heterocycles. The zero-order valence-electron chi connectivity index (χ0n) is 10.2. The molecule has 1 heteroatoms. The van der Waals surface area contributed by atoms with Gasteiger partial charge in [0.1, 0.15) is 0 Å². The minimum absolute atomic E-state index is 0.310. The summed E-state index contributed by atoms with van der Waals surface area (Å²) < 4.78 is 0. The second kappa shape index (κ2) is 6.81. The molecule has 1 nitrogen and oxygen atoms in total. The molecule has 0 bridgehead atoms. The van der Waals surface area contributed by atoms with Crippen molar-refractivity contribution in [2.75, 3.05) is 0 Å². The van der Waals surface area contributed by atoms with Crippen molar-refractivity contribution in [3.05, 3.63) is 11.6 Å². The summed E-state index contributed by atoms with van der Waals surface area (Å²) in [7, 11) is 0. The van der Waals surface area contributed by atoms with Crippen LogP contribution in [0.4, 0.5) is 0 Å². The fourth-order valence-electron chi connectivity index (χ4n) is 2.43. The van der Waals surface area contributed by atoms with Crippen LogP contribution < -0.4 is 0 Å². The molecule has 0 fully saturated rings. The predicted molar refractivity (Wildman–Crippen MR) is 64.9 cm³/mol. The van der Waals surface area contributed by atoms with Crippen molar-refractivity contribution < 1.29 is 4.79 Å². The molecule has 0 amide bonds. The lowest BCUT2D eigenvalue weighted by Gasteiger charge is -2.18. The van der Waals surface area contributed by atoms with E-state index in [1.807, 2.05) is 0 Å². The van der Waals surface area contributed by atoms with Gasteiger partial charge >= 0.3 is 0 Å². The number of ketones is 1. The summed E-state index contributed by atoms with van der Waals surface area (Å²) in [5, 5.41) is 0. The Kier molecular flexibility index (Phi) is 5.67. The van der Waals surface area contributed by atoms with Crippen molar-refractivity contribution in [1.82, 2.24) is 0 Å². The molecule has 0 unspecified atom stereocenters. The van der Waals surface area contributed by atoms with E-state index >= 15 is 0 Å². The maximum atomic E-state index is 12.2. The van der Waals surface area contributed by atoms with E-state index in [0.717, 1.165) is 44.1 Å². The second-order valence-electron chi connectivity index (χ2n) is 4.61. The van der Waals surface area contributed by atoms with Gasteiger partial charge in [-0.1, -0.05) is 32.8 Å². The van der Waals surface area contributed by atoms with Crippen LogP contribution in [-0.2, 0) is 4.79 Å². The highest BCUT2D eigenvalue weighted by atomic mass is 16.1. The van der Waals surface area contributed by atoms with E-state index in [4.69, 9.17) is 0 Å². The average molecular weight is 208 g/mol. The van der Waals surface area contributed by atoms with E-state index in [2.05, 4.69) is 19.9 Å². The van der Waals surface area contributed by atoms with Gasteiger partial charge in [-0.15, -0.1) is 0 Å². The van der Waals surface area contributed by atoms with E-state index in [0.29, 0.717) is 11.7 Å². The summed E-state index contributed by atoms with van der Waals surface area (Å²) in [5.41, 5.74) is 1.13. The lowest BCUT2D eigenvalue weighted by atomic mass is 9.85.